The van der Waals surface area contributed by atoms with Crippen molar-refractivity contribution in [1.82, 2.24) is 15.5 Å². The fourth-order valence-electron chi connectivity index (χ4n) is 1.48. The van der Waals surface area contributed by atoms with Crippen molar-refractivity contribution in [2.24, 2.45) is 0 Å². The fraction of sp³-hybridized carbons (Fsp3) is 0.917. The van der Waals surface area contributed by atoms with Gasteiger partial charge in [0.25, 0.3) is 0 Å². The molecule has 0 unspecified atom stereocenters. The quantitative estimate of drug-likeness (QED) is 0.671. The molecule has 0 saturated heterocycles. The van der Waals surface area contributed by atoms with Crippen LogP contribution >= 0.6 is 0 Å². The highest BCUT2D eigenvalue weighted by Gasteiger charge is 2.16. The molecule has 0 bridgehead atoms. The first kappa shape index (κ1) is 16.2. The van der Waals surface area contributed by atoms with E-state index >= 15 is 0 Å². The van der Waals surface area contributed by atoms with E-state index in [0.29, 0.717) is 19.6 Å². The van der Waals surface area contributed by atoms with E-state index in [0.717, 1.165) is 0 Å². The summed E-state index contributed by atoms with van der Waals surface area (Å²) < 4.78 is 0. The maximum atomic E-state index is 11.4. The Kier molecular flexibility index (Phi) is 5.92. The van der Waals surface area contributed by atoms with Gasteiger partial charge in [0.2, 0.25) is 0 Å². The highest BCUT2D eigenvalue weighted by Crippen LogP contribution is 2.02. The lowest BCUT2D eigenvalue weighted by Crippen LogP contribution is -2.48. The van der Waals surface area contributed by atoms with Gasteiger partial charge in [-0.05, 0) is 41.7 Å². The van der Waals surface area contributed by atoms with Crippen molar-refractivity contribution in [3.05, 3.63) is 0 Å². The lowest BCUT2D eigenvalue weighted by molar-refractivity contribution is 0.0452. The average Bonchev–Trinajstić information content (AvgIpc) is 1.95. The molecule has 0 aliphatic rings. The number of carbonyl (C=O) groups excluding carboxylic acids is 1. The molecule has 0 heterocycles. The topological polar surface area (TPSA) is 64.6 Å². The Hall–Kier alpha value is -0.810. The van der Waals surface area contributed by atoms with E-state index in [1.807, 2.05) is 32.7 Å². The van der Waals surface area contributed by atoms with Crippen LogP contribution in [0, 0.1) is 0 Å². The molecule has 102 valence electrons. The summed E-state index contributed by atoms with van der Waals surface area (Å²) in [6, 6.07) is -0.158. The number of nitrogens with zero attached hydrogens (tertiary/aromatic N) is 1. The summed E-state index contributed by atoms with van der Waals surface area (Å²) in [7, 11) is 1.92. The van der Waals surface area contributed by atoms with E-state index in [4.69, 9.17) is 0 Å². The second-order valence-corrected chi connectivity index (χ2v) is 6.18. The van der Waals surface area contributed by atoms with Gasteiger partial charge in [0.1, 0.15) is 0 Å². The van der Waals surface area contributed by atoms with Crippen molar-refractivity contribution >= 4 is 6.03 Å². The van der Waals surface area contributed by atoms with Crippen molar-refractivity contribution in [2.75, 3.05) is 26.7 Å². The minimum absolute atomic E-state index is 0.158. The third-order valence-corrected chi connectivity index (χ3v) is 1.92. The molecule has 5 nitrogen and oxygen atoms in total. The second-order valence-electron chi connectivity index (χ2n) is 6.18. The first-order valence-corrected chi connectivity index (χ1v) is 5.96. The normalized spacial score (nSPS) is 12.7. The number of nitrogens with one attached hydrogen (secondary N) is 2. The monoisotopic (exact) mass is 245 g/mol. The van der Waals surface area contributed by atoms with Crippen LogP contribution in [0.4, 0.5) is 4.79 Å². The minimum atomic E-state index is -0.706. The van der Waals surface area contributed by atoms with E-state index in [9.17, 15) is 9.90 Å². The molecule has 0 aliphatic carbocycles. The van der Waals surface area contributed by atoms with Gasteiger partial charge in [-0.25, -0.2) is 4.79 Å². The first-order valence-electron chi connectivity index (χ1n) is 5.96. The highest BCUT2D eigenvalue weighted by molar-refractivity contribution is 5.74. The van der Waals surface area contributed by atoms with Gasteiger partial charge >= 0.3 is 6.03 Å². The van der Waals surface area contributed by atoms with E-state index < -0.39 is 5.60 Å². The van der Waals surface area contributed by atoms with E-state index in [-0.39, 0.29) is 11.6 Å². The van der Waals surface area contributed by atoms with Crippen LogP contribution in [0.1, 0.15) is 34.6 Å². The summed E-state index contributed by atoms with van der Waals surface area (Å²) in [6.07, 6.45) is 0. The Balaban J connectivity index is 3.74. The molecule has 0 aromatic carbocycles. The van der Waals surface area contributed by atoms with E-state index in [1.54, 1.807) is 13.8 Å². The zero-order valence-corrected chi connectivity index (χ0v) is 11.9. The maximum absolute atomic E-state index is 11.4. The van der Waals surface area contributed by atoms with Crippen LogP contribution in [0.3, 0.4) is 0 Å². The van der Waals surface area contributed by atoms with E-state index in [2.05, 4.69) is 10.6 Å². The number of likely N-dealkylation sites (N-methyl/N-ethyl adjacent to an activating group) is 1. The smallest absolute Gasteiger partial charge is 0.315 e. The first-order chi connectivity index (χ1) is 7.49. The average molecular weight is 245 g/mol. The van der Waals surface area contributed by atoms with Crippen molar-refractivity contribution in [3.8, 4) is 0 Å². The summed E-state index contributed by atoms with van der Waals surface area (Å²) in [6.45, 7) is 11.2. The molecule has 0 atom stereocenters. The van der Waals surface area contributed by atoms with Gasteiger partial charge < -0.3 is 20.6 Å². The Bertz CT molecular complexity index is 241. The fourth-order valence-corrected chi connectivity index (χ4v) is 1.48. The number of hydrogen-bond acceptors (Lipinski definition) is 3. The molecule has 0 fully saturated rings. The second kappa shape index (κ2) is 6.21. The molecule has 17 heavy (non-hydrogen) atoms. The maximum Gasteiger partial charge on any atom is 0.315 e. The zero-order valence-electron chi connectivity index (χ0n) is 11.9. The van der Waals surface area contributed by atoms with Gasteiger partial charge in [-0.15, -0.1) is 0 Å². The van der Waals surface area contributed by atoms with Gasteiger partial charge in [0.15, 0.2) is 0 Å². The van der Waals surface area contributed by atoms with Crippen LogP contribution in [0.15, 0.2) is 0 Å². The zero-order chi connectivity index (χ0) is 13.7. The lowest BCUT2D eigenvalue weighted by atomic mass is 10.1. The Morgan fingerprint density at radius 2 is 1.76 bits per heavy atom. The van der Waals surface area contributed by atoms with Crippen molar-refractivity contribution in [2.45, 2.75) is 45.8 Å². The van der Waals surface area contributed by atoms with Crippen molar-refractivity contribution < 1.29 is 9.90 Å². The molecule has 0 spiro atoms. The molecule has 0 aromatic heterocycles. The molecule has 0 radical (unpaired) electrons. The number of hydrogen-bond donors (Lipinski definition) is 3. The minimum Gasteiger partial charge on any atom is -0.389 e. The van der Waals surface area contributed by atoms with Crippen molar-refractivity contribution in [1.29, 1.82) is 0 Å². The third kappa shape index (κ3) is 11.5. The Labute approximate surface area is 105 Å². The van der Waals surface area contributed by atoms with Crippen LogP contribution < -0.4 is 10.6 Å². The number of urea groups is 1. The van der Waals surface area contributed by atoms with Gasteiger partial charge in [-0.2, -0.15) is 0 Å². The molecular formula is C12H27N3O2. The van der Waals surface area contributed by atoms with Crippen LogP contribution in [0.2, 0.25) is 0 Å². The van der Waals surface area contributed by atoms with Gasteiger partial charge in [0.05, 0.1) is 5.60 Å². The number of carbonyl (C=O) groups is 1. The standard InChI is InChI=1S/C12H27N3O2/c1-11(2,3)14-10(16)13-7-8-15(6)9-12(4,5)17/h17H,7-9H2,1-6H3,(H2,13,14,16). The summed E-state index contributed by atoms with van der Waals surface area (Å²) in [5, 5.41) is 15.2. The molecule has 2 amide bonds. The molecule has 0 aromatic rings. The highest BCUT2D eigenvalue weighted by atomic mass is 16.3. The number of rotatable bonds is 5. The van der Waals surface area contributed by atoms with Crippen LogP contribution in [0.5, 0.6) is 0 Å². The predicted octanol–water partition coefficient (Wildman–Crippen LogP) is 0.787. The molecule has 0 saturated carbocycles. The van der Waals surface area contributed by atoms with Crippen LogP contribution in [-0.4, -0.2) is 53.9 Å². The Morgan fingerprint density at radius 1 is 1.24 bits per heavy atom. The van der Waals surface area contributed by atoms with Crippen molar-refractivity contribution in [3.63, 3.8) is 0 Å². The third-order valence-electron chi connectivity index (χ3n) is 1.92. The van der Waals surface area contributed by atoms with Crippen LogP contribution in [0.25, 0.3) is 0 Å². The van der Waals surface area contributed by atoms with Gasteiger partial charge in [0, 0.05) is 25.2 Å². The molecule has 3 N–H and O–H groups in total. The molecule has 0 aliphatic heterocycles. The summed E-state index contributed by atoms with van der Waals surface area (Å²) in [5.41, 5.74) is -0.925. The summed E-state index contributed by atoms with van der Waals surface area (Å²) >= 11 is 0. The SMILES string of the molecule is CN(CCNC(=O)NC(C)(C)C)CC(C)(C)O. The summed E-state index contributed by atoms with van der Waals surface area (Å²) in [5.74, 6) is 0. The number of aliphatic hydroxyl groups is 1. The lowest BCUT2D eigenvalue weighted by Gasteiger charge is -2.26. The Morgan fingerprint density at radius 3 is 2.18 bits per heavy atom. The van der Waals surface area contributed by atoms with Gasteiger partial charge in [-0.3, -0.25) is 0 Å². The summed E-state index contributed by atoms with van der Waals surface area (Å²) in [4.78, 5) is 13.4. The predicted molar refractivity (Wildman–Crippen MR) is 70.1 cm³/mol. The van der Waals surface area contributed by atoms with E-state index in [1.165, 1.54) is 0 Å². The van der Waals surface area contributed by atoms with Gasteiger partial charge in [-0.1, -0.05) is 0 Å². The molecule has 0 rings (SSSR count). The largest absolute Gasteiger partial charge is 0.389 e. The molecule has 5 heteroatoms. The number of amides is 2. The molecular weight excluding hydrogens is 218 g/mol. The van der Waals surface area contributed by atoms with Crippen LogP contribution in [-0.2, 0) is 0 Å².